The Labute approximate surface area is 389 Å². The van der Waals surface area contributed by atoms with E-state index < -0.39 is 29.6 Å². The predicted octanol–water partition coefficient (Wildman–Crippen LogP) is 9.92. The number of hydrogen-bond acceptors (Lipinski definition) is 11. The van der Waals surface area contributed by atoms with Crippen LogP contribution in [0.1, 0.15) is 87.2 Å². The van der Waals surface area contributed by atoms with Gasteiger partial charge in [0.25, 0.3) is 23.6 Å². The smallest absolute Gasteiger partial charge is 0.310 e. The van der Waals surface area contributed by atoms with Crippen molar-refractivity contribution in [3.05, 3.63) is 128 Å². The average molecular weight is 936 g/mol. The molecule has 6 aromatic carbocycles. The van der Waals surface area contributed by atoms with Gasteiger partial charge < -0.3 is 28.8 Å². The van der Waals surface area contributed by atoms with Crippen LogP contribution in [0.25, 0.3) is 21.5 Å². The summed E-state index contributed by atoms with van der Waals surface area (Å²) >= 11 is 12.9. The first-order valence-corrected chi connectivity index (χ1v) is 22.0. The van der Waals surface area contributed by atoms with E-state index in [9.17, 15) is 28.8 Å². The number of imide groups is 2. The maximum Gasteiger partial charge on any atom is 0.310 e. The van der Waals surface area contributed by atoms with Crippen LogP contribution < -0.4 is 28.7 Å². The Kier molecular flexibility index (Phi) is 14.1. The number of carboxylic acids is 1. The second kappa shape index (κ2) is 19.9. The molecule has 0 spiro atoms. The number of carbonyl (C=O) groups excluding carboxylic acids is 5. The Bertz CT molecular complexity index is 2840. The van der Waals surface area contributed by atoms with Crippen LogP contribution >= 0.6 is 23.2 Å². The Morgan fingerprint density at radius 1 is 0.485 bits per heavy atom. The van der Waals surface area contributed by atoms with Gasteiger partial charge in [-0.15, -0.1) is 0 Å². The van der Waals surface area contributed by atoms with Crippen molar-refractivity contribution in [3.63, 3.8) is 0 Å². The average Bonchev–Trinajstić information content (AvgIpc) is 3.70. The highest BCUT2D eigenvalue weighted by atomic mass is 35.5. The minimum atomic E-state index is -1.01. The zero-order valence-electron chi connectivity index (χ0n) is 36.6. The van der Waals surface area contributed by atoms with E-state index in [-0.39, 0.29) is 69.1 Å². The van der Waals surface area contributed by atoms with Gasteiger partial charge in [0.1, 0.15) is 23.0 Å². The van der Waals surface area contributed by atoms with Crippen LogP contribution in [0.3, 0.4) is 0 Å². The molecule has 4 amide bonds. The number of hydrogen-bond donors (Lipinski definition) is 1. The second-order valence-electron chi connectivity index (χ2n) is 14.7. The van der Waals surface area contributed by atoms with Crippen molar-refractivity contribution in [1.29, 1.82) is 0 Å². The highest BCUT2D eigenvalue weighted by Gasteiger charge is 2.45. The molecule has 0 unspecified atom stereocenters. The highest BCUT2D eigenvalue weighted by Crippen LogP contribution is 2.49. The molecule has 0 saturated carbocycles. The third-order valence-electron chi connectivity index (χ3n) is 10.6. The van der Waals surface area contributed by atoms with Crippen molar-refractivity contribution in [2.24, 2.45) is 0 Å². The lowest BCUT2D eigenvalue weighted by molar-refractivity contribution is -0.142. The van der Waals surface area contributed by atoms with Crippen molar-refractivity contribution in [1.82, 2.24) is 0 Å². The maximum absolute atomic E-state index is 13.6. The molecule has 2 aliphatic heterocycles. The van der Waals surface area contributed by atoms with Crippen LogP contribution in [-0.4, -0.2) is 73.7 Å². The lowest BCUT2D eigenvalue weighted by Gasteiger charge is -2.16. The van der Waals surface area contributed by atoms with Crippen LogP contribution in [0.4, 0.5) is 11.4 Å². The van der Waals surface area contributed by atoms with E-state index in [0.717, 1.165) is 9.80 Å². The number of fused-ring (bicyclic) bond motifs is 4. The van der Waals surface area contributed by atoms with E-state index in [1.54, 1.807) is 39.0 Å². The molecule has 0 bridgehead atoms. The third-order valence-corrected chi connectivity index (χ3v) is 11.2. The molecule has 0 saturated heterocycles. The summed E-state index contributed by atoms with van der Waals surface area (Å²) in [6, 6.07) is 23.8. The zero-order valence-corrected chi connectivity index (χ0v) is 38.1. The molecule has 2 aliphatic rings. The normalized spacial score (nSPS) is 12.8. The topological polar surface area (TPSA) is 175 Å². The lowest BCUT2D eigenvalue weighted by atomic mass is 9.99. The summed E-state index contributed by atoms with van der Waals surface area (Å²) in [5.41, 5.74) is 2.02. The van der Waals surface area contributed by atoms with Crippen molar-refractivity contribution >= 4 is 91.7 Å². The summed E-state index contributed by atoms with van der Waals surface area (Å²) in [6.45, 7) is 10.5. The first kappa shape index (κ1) is 46.8. The quantitative estimate of drug-likeness (QED) is 0.0763. The molecule has 0 aliphatic carbocycles. The molecule has 14 nitrogen and oxygen atoms in total. The van der Waals surface area contributed by atoms with Gasteiger partial charge in [0.05, 0.1) is 89.5 Å². The number of carbonyl (C=O) groups is 6. The van der Waals surface area contributed by atoms with Gasteiger partial charge in [-0.3, -0.25) is 28.8 Å². The first-order chi connectivity index (χ1) is 31.8. The Morgan fingerprint density at radius 3 is 1.08 bits per heavy atom. The number of halogens is 2. The number of rotatable bonds is 15. The van der Waals surface area contributed by atoms with Gasteiger partial charge in [0.15, 0.2) is 0 Å². The largest absolute Gasteiger partial charge is 0.492 e. The minimum Gasteiger partial charge on any atom is -0.492 e. The Balaban J connectivity index is 0.000000197. The summed E-state index contributed by atoms with van der Waals surface area (Å²) in [4.78, 5) is 79.2. The zero-order chi connectivity index (χ0) is 47.4. The molecule has 66 heavy (non-hydrogen) atoms. The van der Waals surface area contributed by atoms with Crippen molar-refractivity contribution in [3.8, 4) is 23.0 Å². The molecule has 0 fully saturated rings. The molecule has 8 rings (SSSR count). The number of esters is 1. The predicted molar refractivity (Wildman–Crippen MR) is 249 cm³/mol. The second-order valence-corrected chi connectivity index (χ2v) is 15.5. The molecular formula is C50H44Cl2N2O12. The van der Waals surface area contributed by atoms with Gasteiger partial charge >= 0.3 is 11.9 Å². The molecule has 0 atom stereocenters. The molecule has 0 radical (unpaired) electrons. The van der Waals surface area contributed by atoms with E-state index in [1.165, 1.54) is 18.2 Å². The molecule has 6 aromatic rings. The van der Waals surface area contributed by atoms with Crippen molar-refractivity contribution < 1.29 is 57.6 Å². The van der Waals surface area contributed by atoms with E-state index >= 15 is 0 Å². The van der Waals surface area contributed by atoms with Gasteiger partial charge in [-0.2, -0.15) is 0 Å². The Morgan fingerprint density at radius 2 is 0.803 bits per heavy atom. The molecule has 0 aromatic heterocycles. The summed E-state index contributed by atoms with van der Waals surface area (Å²) in [7, 11) is 0. The van der Waals surface area contributed by atoms with Crippen molar-refractivity contribution in [2.45, 2.75) is 47.5 Å². The summed E-state index contributed by atoms with van der Waals surface area (Å²) in [5.74, 6) is -2.32. The SMILES string of the molecule is CCOC(=O)Cc1ccc(N2C(=O)c3c(c(OCC)c4ccccc4c3OCC)C2=O)c(Cl)c1.CCOc1c2c(c(OCC)c3ccccc13)C(=O)N(c1ccc(CC(=O)O)cc1Cl)C2=O. The van der Waals surface area contributed by atoms with Gasteiger partial charge in [-0.25, -0.2) is 9.80 Å². The summed E-state index contributed by atoms with van der Waals surface area (Å²) < 4.78 is 28.4. The Hall–Kier alpha value is -7.16. The third kappa shape index (κ3) is 8.57. The fourth-order valence-electron chi connectivity index (χ4n) is 8.05. The van der Waals surface area contributed by atoms with Crippen LogP contribution in [0.15, 0.2) is 84.9 Å². The highest BCUT2D eigenvalue weighted by molar-refractivity contribution is 6.43. The number of anilines is 2. The number of carboxylic acid groups (broad SMARTS) is 1. The number of benzene rings is 6. The number of amides is 4. The summed E-state index contributed by atoms with van der Waals surface area (Å²) in [6.07, 6.45) is -0.194. The van der Waals surface area contributed by atoms with E-state index in [4.69, 9.17) is 52.0 Å². The van der Waals surface area contributed by atoms with Gasteiger partial charge in [0, 0.05) is 21.5 Å². The monoisotopic (exact) mass is 934 g/mol. The fourth-order valence-corrected chi connectivity index (χ4v) is 8.63. The van der Waals surface area contributed by atoms with Gasteiger partial charge in [0.2, 0.25) is 0 Å². The first-order valence-electron chi connectivity index (χ1n) is 21.2. The minimum absolute atomic E-state index is 0.0321. The maximum atomic E-state index is 13.6. The van der Waals surface area contributed by atoms with Gasteiger partial charge in [-0.05, 0) is 70.0 Å². The lowest BCUT2D eigenvalue weighted by Crippen LogP contribution is -2.29. The van der Waals surface area contributed by atoms with Gasteiger partial charge in [-0.1, -0.05) is 83.9 Å². The number of ether oxygens (including phenoxy) is 5. The summed E-state index contributed by atoms with van der Waals surface area (Å²) in [5, 5.41) is 12.0. The van der Waals surface area contributed by atoms with E-state index in [2.05, 4.69) is 0 Å². The van der Waals surface area contributed by atoms with Crippen LogP contribution in [0.2, 0.25) is 10.0 Å². The van der Waals surface area contributed by atoms with Crippen molar-refractivity contribution in [2.75, 3.05) is 42.8 Å². The molecular weight excluding hydrogens is 891 g/mol. The van der Waals surface area contributed by atoms with Crippen LogP contribution in [-0.2, 0) is 27.2 Å². The van der Waals surface area contributed by atoms with Crippen LogP contribution in [0.5, 0.6) is 23.0 Å². The number of aliphatic carboxylic acids is 1. The molecule has 1 N–H and O–H groups in total. The van der Waals surface area contributed by atoms with Crippen LogP contribution in [0, 0.1) is 0 Å². The standard InChI is InChI=1S/C26H24ClNO6.C24H20ClNO6/c1-4-32-20(29)14-15-11-12-19(18(27)13-15)28-25(30)21-22(26(28)31)24(34-6-3)17-10-8-7-9-16(17)23(21)33-5-2;1-3-31-21-14-7-5-6-8-15(14)22(32-4-2)20-19(21)23(29)26(24(20)30)17-10-9-13(11-16(17)25)12-18(27)28/h7-13H,4-6,14H2,1-3H3;5-11H,3-4,12H2,1-2H3,(H,27,28). The molecule has 340 valence electrons. The number of nitrogens with zero attached hydrogens (tertiary/aromatic N) is 2. The molecule has 2 heterocycles. The van der Waals surface area contributed by atoms with E-state index in [1.807, 2.05) is 62.4 Å². The fraction of sp³-hybridized carbons (Fsp3) is 0.240. The van der Waals surface area contributed by atoms with E-state index in [0.29, 0.717) is 82.1 Å². The molecule has 16 heteroatoms.